The first kappa shape index (κ1) is 28.0. The first-order valence-corrected chi connectivity index (χ1v) is 14.8. The lowest BCUT2D eigenvalue weighted by Crippen LogP contribution is -2.39. The number of carbonyl (C=O) groups excluding carboxylic acids is 1. The van der Waals surface area contributed by atoms with Gasteiger partial charge in [-0.15, -0.1) is 0 Å². The maximum absolute atomic E-state index is 14.0. The molecule has 1 atom stereocenters. The zero-order valence-corrected chi connectivity index (χ0v) is 25.0. The number of thiazole rings is 1. The highest BCUT2D eigenvalue weighted by Gasteiger charge is 2.35. The Bertz CT molecular complexity index is 2020. The van der Waals surface area contributed by atoms with Crippen LogP contribution in [0.1, 0.15) is 35.4 Å². The fourth-order valence-electron chi connectivity index (χ4n) is 4.86. The van der Waals surface area contributed by atoms with Gasteiger partial charge in [0.1, 0.15) is 11.5 Å². The van der Waals surface area contributed by atoms with Gasteiger partial charge < -0.3 is 9.15 Å². The Morgan fingerprint density at radius 2 is 1.79 bits per heavy atom. The maximum atomic E-state index is 14.0. The third-order valence-corrected chi connectivity index (χ3v) is 8.56. The highest BCUT2D eigenvalue weighted by atomic mass is 35.5. The van der Waals surface area contributed by atoms with E-state index in [4.69, 9.17) is 37.3 Å². The third-order valence-electron chi connectivity index (χ3n) is 6.92. The molecule has 0 amide bonds. The Labute approximate surface area is 255 Å². The molecule has 9 heteroatoms. The summed E-state index contributed by atoms with van der Waals surface area (Å²) in [4.78, 5) is 32.9. The number of rotatable bonds is 6. The van der Waals surface area contributed by atoms with Crippen LogP contribution >= 0.6 is 34.5 Å². The van der Waals surface area contributed by atoms with Crippen LogP contribution in [0, 0.1) is 6.92 Å². The molecule has 0 spiro atoms. The highest BCUT2D eigenvalue weighted by molar-refractivity contribution is 7.07. The minimum atomic E-state index is -0.781. The average Bonchev–Trinajstić information content (AvgIpc) is 3.59. The molecule has 3 aromatic carbocycles. The molecule has 6 nitrogen and oxygen atoms in total. The largest absolute Gasteiger partial charge is 0.463 e. The second-order valence-electron chi connectivity index (χ2n) is 9.65. The number of benzene rings is 3. The van der Waals surface area contributed by atoms with Crippen molar-refractivity contribution in [2.45, 2.75) is 19.9 Å². The zero-order chi connectivity index (χ0) is 29.4. The van der Waals surface area contributed by atoms with E-state index in [9.17, 15) is 9.59 Å². The summed E-state index contributed by atoms with van der Waals surface area (Å²) >= 11 is 13.7. The molecule has 42 heavy (non-hydrogen) atoms. The molecule has 0 fully saturated rings. The van der Waals surface area contributed by atoms with Gasteiger partial charge in [-0.05, 0) is 55.3 Å². The fraction of sp³-hybridized carbons (Fsp3) is 0.121. The lowest BCUT2D eigenvalue weighted by Gasteiger charge is -2.25. The Morgan fingerprint density at radius 3 is 2.50 bits per heavy atom. The molecule has 210 valence electrons. The number of furan rings is 1. The van der Waals surface area contributed by atoms with Crippen LogP contribution in [0.15, 0.2) is 105 Å². The van der Waals surface area contributed by atoms with Gasteiger partial charge in [-0.25, -0.2) is 9.79 Å². The number of aryl methyl sites for hydroxylation is 1. The lowest BCUT2D eigenvalue weighted by molar-refractivity contribution is -0.138. The molecule has 5 aromatic rings. The topological polar surface area (TPSA) is 73.8 Å². The number of esters is 1. The second kappa shape index (κ2) is 11.6. The number of aromatic nitrogens is 1. The summed E-state index contributed by atoms with van der Waals surface area (Å²) in [5.41, 5.74) is 3.68. The smallest absolute Gasteiger partial charge is 0.338 e. The molecule has 2 aromatic heterocycles. The highest BCUT2D eigenvalue weighted by Crippen LogP contribution is 2.35. The van der Waals surface area contributed by atoms with Crippen LogP contribution in [0.3, 0.4) is 0 Å². The minimum Gasteiger partial charge on any atom is -0.463 e. The summed E-state index contributed by atoms with van der Waals surface area (Å²) in [5, 5.41) is 1.19. The molecule has 1 aliphatic rings. The molecule has 1 aliphatic heterocycles. The molecule has 0 unspecified atom stereocenters. The van der Waals surface area contributed by atoms with Crippen LogP contribution in [0.25, 0.3) is 23.1 Å². The van der Waals surface area contributed by atoms with E-state index in [0.29, 0.717) is 42.2 Å². The summed E-state index contributed by atoms with van der Waals surface area (Å²) in [6.45, 7) is 3.86. The van der Waals surface area contributed by atoms with E-state index in [2.05, 4.69) is 0 Å². The summed E-state index contributed by atoms with van der Waals surface area (Å²) < 4.78 is 13.5. The summed E-state index contributed by atoms with van der Waals surface area (Å²) in [6, 6.07) is 25.1. The Hall–Kier alpha value is -4.17. The summed E-state index contributed by atoms with van der Waals surface area (Å²) in [5.74, 6) is 0.593. The van der Waals surface area contributed by atoms with E-state index in [1.165, 1.54) is 11.3 Å². The van der Waals surface area contributed by atoms with Crippen LogP contribution in [-0.2, 0) is 9.53 Å². The van der Waals surface area contributed by atoms with Crippen molar-refractivity contribution in [1.82, 2.24) is 4.57 Å². The molecule has 0 saturated heterocycles. The first-order valence-electron chi connectivity index (χ1n) is 13.2. The van der Waals surface area contributed by atoms with Gasteiger partial charge in [0, 0.05) is 27.2 Å². The van der Waals surface area contributed by atoms with Gasteiger partial charge in [0.15, 0.2) is 4.80 Å². The lowest BCUT2D eigenvalue weighted by atomic mass is 9.93. The number of fused-ring (bicyclic) bond motifs is 1. The summed E-state index contributed by atoms with van der Waals surface area (Å²) in [6.07, 6.45) is 1.69. The van der Waals surface area contributed by atoms with Crippen molar-refractivity contribution < 1.29 is 13.9 Å². The first-order chi connectivity index (χ1) is 20.3. The monoisotopic (exact) mass is 614 g/mol. The van der Waals surface area contributed by atoms with E-state index < -0.39 is 12.0 Å². The second-order valence-corrected chi connectivity index (χ2v) is 11.5. The average molecular weight is 616 g/mol. The normalized spacial score (nSPS) is 15.0. The van der Waals surface area contributed by atoms with Crippen LogP contribution in [0.2, 0.25) is 10.0 Å². The molecular weight excluding hydrogens is 591 g/mol. The molecule has 3 heterocycles. The van der Waals surface area contributed by atoms with Crippen molar-refractivity contribution in [3.05, 3.63) is 143 Å². The molecular formula is C33H24Cl2N2O4S. The van der Waals surface area contributed by atoms with E-state index in [0.717, 1.165) is 16.7 Å². The van der Waals surface area contributed by atoms with Gasteiger partial charge in [0.2, 0.25) is 0 Å². The van der Waals surface area contributed by atoms with E-state index in [1.54, 1.807) is 35.8 Å². The van der Waals surface area contributed by atoms with Crippen LogP contribution in [0.5, 0.6) is 0 Å². The standard InChI is InChI=1S/C33H24Cl2N2O4S/c1-3-40-32(39)28-29(20-7-5-4-6-8-20)36-33-37(30(28)21-11-13-23(34)14-12-21)31(38)27(42-33)18-24-15-16-26(41-24)22-10-9-19(2)25(35)17-22/h4-18,30H,3H2,1-2H3/b27-18-/t30-/m1/s1. The molecule has 6 rings (SSSR count). The van der Waals surface area contributed by atoms with Gasteiger partial charge in [0.25, 0.3) is 5.56 Å². The predicted molar refractivity (Wildman–Crippen MR) is 166 cm³/mol. The minimum absolute atomic E-state index is 0.176. The van der Waals surface area contributed by atoms with Gasteiger partial charge in [0.05, 0.1) is 28.5 Å². The van der Waals surface area contributed by atoms with Gasteiger partial charge >= 0.3 is 5.97 Å². The van der Waals surface area contributed by atoms with Crippen molar-refractivity contribution in [2.75, 3.05) is 6.61 Å². The number of carbonyl (C=O) groups is 1. The molecule has 0 saturated carbocycles. The van der Waals surface area contributed by atoms with Gasteiger partial charge in [-0.2, -0.15) is 0 Å². The van der Waals surface area contributed by atoms with Crippen molar-refractivity contribution in [3.8, 4) is 11.3 Å². The SMILES string of the molecule is CCOC(=O)C1=C(c2ccccc2)N=c2s/c(=C\c3ccc(-c4ccc(C)c(Cl)c4)o3)c(=O)n2[C@@H]1c1ccc(Cl)cc1. The van der Waals surface area contributed by atoms with Crippen molar-refractivity contribution >= 4 is 52.3 Å². The van der Waals surface area contributed by atoms with E-state index in [1.807, 2.05) is 73.7 Å². The number of nitrogens with zero attached hydrogens (tertiary/aromatic N) is 2. The third kappa shape index (κ3) is 5.27. The molecule has 0 radical (unpaired) electrons. The number of hydrogen-bond donors (Lipinski definition) is 0. The zero-order valence-electron chi connectivity index (χ0n) is 22.6. The summed E-state index contributed by atoms with van der Waals surface area (Å²) in [7, 11) is 0. The van der Waals surface area contributed by atoms with Crippen molar-refractivity contribution in [3.63, 3.8) is 0 Å². The Kier molecular flexibility index (Phi) is 7.73. The molecule has 0 N–H and O–H groups in total. The van der Waals surface area contributed by atoms with Crippen LogP contribution in [-0.4, -0.2) is 17.1 Å². The maximum Gasteiger partial charge on any atom is 0.338 e. The molecule has 0 bridgehead atoms. The van der Waals surface area contributed by atoms with Crippen LogP contribution < -0.4 is 14.9 Å². The molecule has 0 aliphatic carbocycles. The Balaban J connectivity index is 1.55. The van der Waals surface area contributed by atoms with Crippen molar-refractivity contribution in [1.29, 1.82) is 0 Å². The predicted octanol–water partition coefficient (Wildman–Crippen LogP) is 6.81. The Morgan fingerprint density at radius 1 is 1.02 bits per heavy atom. The van der Waals surface area contributed by atoms with E-state index >= 15 is 0 Å². The van der Waals surface area contributed by atoms with E-state index in [-0.39, 0.29) is 17.7 Å². The number of ether oxygens (including phenoxy) is 1. The number of halogens is 2. The fourth-order valence-corrected chi connectivity index (χ4v) is 6.15. The van der Waals surface area contributed by atoms with Crippen LogP contribution in [0.4, 0.5) is 0 Å². The van der Waals surface area contributed by atoms with Crippen molar-refractivity contribution in [2.24, 2.45) is 4.99 Å². The van der Waals surface area contributed by atoms with Gasteiger partial charge in [-0.1, -0.05) is 89.1 Å². The number of hydrogen-bond acceptors (Lipinski definition) is 6. The quantitative estimate of drug-likeness (QED) is 0.197. The van der Waals surface area contributed by atoms with Gasteiger partial charge in [-0.3, -0.25) is 9.36 Å².